The molecule has 2 heteroatoms. The molecule has 1 fully saturated rings. The van der Waals surface area contributed by atoms with Gasteiger partial charge in [0.05, 0.1) is 0 Å². The van der Waals surface area contributed by atoms with Gasteiger partial charge in [0.2, 0.25) is 0 Å². The fourth-order valence-electron chi connectivity index (χ4n) is 2.74. The van der Waals surface area contributed by atoms with E-state index in [4.69, 9.17) is 0 Å². The third-order valence-corrected chi connectivity index (χ3v) is 4.14. The van der Waals surface area contributed by atoms with Gasteiger partial charge in [-0.1, -0.05) is 13.8 Å². The van der Waals surface area contributed by atoms with Gasteiger partial charge < -0.3 is 5.32 Å². The highest BCUT2D eigenvalue weighted by Gasteiger charge is 2.36. The van der Waals surface area contributed by atoms with Gasteiger partial charge in [0.25, 0.3) is 0 Å². The van der Waals surface area contributed by atoms with Crippen molar-refractivity contribution in [1.82, 2.24) is 5.32 Å². The first-order chi connectivity index (χ1) is 7.12. The van der Waals surface area contributed by atoms with Crippen molar-refractivity contribution in [3.8, 4) is 0 Å². The van der Waals surface area contributed by atoms with Gasteiger partial charge in [-0.2, -0.15) is 0 Å². The molecule has 1 aliphatic rings. The molecule has 2 rings (SSSR count). The van der Waals surface area contributed by atoms with Gasteiger partial charge in [0.1, 0.15) is 0 Å². The monoisotopic (exact) mass is 223 g/mol. The number of hydrogen-bond donors (Lipinski definition) is 1. The Kier molecular flexibility index (Phi) is 3.17. The number of thiophene rings is 1. The van der Waals surface area contributed by atoms with Crippen molar-refractivity contribution < 1.29 is 0 Å². The summed E-state index contributed by atoms with van der Waals surface area (Å²) >= 11 is 1.88. The highest BCUT2D eigenvalue weighted by atomic mass is 32.1. The summed E-state index contributed by atoms with van der Waals surface area (Å²) in [6.45, 7) is 8.02. The number of nitrogens with one attached hydrogen (secondary N) is 1. The Bertz CT molecular complexity index is 321. The van der Waals surface area contributed by atoms with Crippen molar-refractivity contribution in [1.29, 1.82) is 0 Å². The summed E-state index contributed by atoms with van der Waals surface area (Å²) in [5, 5.41) is 6.08. The first-order valence-corrected chi connectivity index (χ1v) is 6.81. The molecule has 2 heterocycles. The summed E-state index contributed by atoms with van der Waals surface area (Å²) in [4.78, 5) is 1.43. The summed E-state index contributed by atoms with van der Waals surface area (Å²) in [5.74, 6) is 0.760. The number of rotatable bonds is 3. The van der Waals surface area contributed by atoms with Gasteiger partial charge in [0, 0.05) is 10.4 Å². The lowest BCUT2D eigenvalue weighted by atomic mass is 9.82. The molecule has 1 aromatic rings. The Hall–Kier alpha value is -0.340. The molecule has 1 N–H and O–H groups in total. The SMILES string of the molecule is Cc1cc(C2(CC(C)C)CCCN2)cs1. The Morgan fingerprint density at radius 1 is 1.53 bits per heavy atom. The van der Waals surface area contributed by atoms with E-state index >= 15 is 0 Å². The molecule has 0 aliphatic carbocycles. The minimum Gasteiger partial charge on any atom is -0.307 e. The lowest BCUT2D eigenvalue weighted by Gasteiger charge is -2.31. The van der Waals surface area contributed by atoms with E-state index in [1.807, 2.05) is 11.3 Å². The quantitative estimate of drug-likeness (QED) is 0.824. The van der Waals surface area contributed by atoms with Crippen LogP contribution in [0.25, 0.3) is 0 Å². The first-order valence-electron chi connectivity index (χ1n) is 5.93. The molecule has 0 radical (unpaired) electrons. The lowest BCUT2D eigenvalue weighted by molar-refractivity contribution is 0.311. The maximum atomic E-state index is 3.74. The molecule has 15 heavy (non-hydrogen) atoms. The minimum atomic E-state index is 0.291. The van der Waals surface area contributed by atoms with Crippen molar-refractivity contribution in [3.05, 3.63) is 21.9 Å². The number of hydrogen-bond acceptors (Lipinski definition) is 2. The molecule has 1 saturated heterocycles. The Morgan fingerprint density at radius 3 is 2.80 bits per heavy atom. The molecular weight excluding hydrogens is 202 g/mol. The molecule has 1 aliphatic heterocycles. The molecule has 0 spiro atoms. The van der Waals surface area contributed by atoms with Crippen LogP contribution in [0.2, 0.25) is 0 Å². The maximum Gasteiger partial charge on any atom is 0.0445 e. The highest BCUT2D eigenvalue weighted by Crippen LogP contribution is 2.38. The van der Waals surface area contributed by atoms with Crippen LogP contribution < -0.4 is 5.32 Å². The van der Waals surface area contributed by atoms with E-state index in [0.717, 1.165) is 5.92 Å². The van der Waals surface area contributed by atoms with Crippen molar-refractivity contribution >= 4 is 11.3 Å². The Labute approximate surface area is 96.9 Å². The van der Waals surface area contributed by atoms with Crippen LogP contribution in [0.3, 0.4) is 0 Å². The highest BCUT2D eigenvalue weighted by molar-refractivity contribution is 7.10. The zero-order valence-electron chi connectivity index (χ0n) is 9.97. The van der Waals surface area contributed by atoms with Gasteiger partial charge in [-0.05, 0) is 55.7 Å². The minimum absolute atomic E-state index is 0.291. The third kappa shape index (κ3) is 2.26. The average Bonchev–Trinajstić information content (AvgIpc) is 2.73. The molecule has 1 unspecified atom stereocenters. The third-order valence-electron chi connectivity index (χ3n) is 3.28. The lowest BCUT2D eigenvalue weighted by Crippen LogP contribution is -2.37. The smallest absolute Gasteiger partial charge is 0.0445 e. The largest absolute Gasteiger partial charge is 0.307 e. The van der Waals surface area contributed by atoms with Crippen LogP contribution in [-0.2, 0) is 5.54 Å². The summed E-state index contributed by atoms with van der Waals surface area (Å²) in [6.07, 6.45) is 3.89. The molecule has 1 nitrogen and oxygen atoms in total. The van der Waals surface area contributed by atoms with Crippen LogP contribution in [-0.4, -0.2) is 6.54 Å². The molecular formula is C13H21NS. The van der Waals surface area contributed by atoms with E-state index in [9.17, 15) is 0 Å². The molecule has 84 valence electrons. The Balaban J connectivity index is 2.26. The zero-order valence-corrected chi connectivity index (χ0v) is 10.8. The summed E-state index contributed by atoms with van der Waals surface area (Å²) in [7, 11) is 0. The van der Waals surface area contributed by atoms with E-state index in [2.05, 4.69) is 37.5 Å². The molecule has 1 atom stereocenters. The normalized spacial score (nSPS) is 26.4. The van der Waals surface area contributed by atoms with Crippen molar-refractivity contribution in [2.45, 2.75) is 45.6 Å². The van der Waals surface area contributed by atoms with E-state index in [1.165, 1.54) is 36.2 Å². The molecule has 0 bridgehead atoms. The second-order valence-electron chi connectivity index (χ2n) is 5.16. The summed E-state index contributed by atoms with van der Waals surface area (Å²) < 4.78 is 0. The first kappa shape index (κ1) is 11.2. The van der Waals surface area contributed by atoms with E-state index in [0.29, 0.717) is 5.54 Å². The van der Waals surface area contributed by atoms with Crippen LogP contribution in [0, 0.1) is 12.8 Å². The Morgan fingerprint density at radius 2 is 2.33 bits per heavy atom. The topological polar surface area (TPSA) is 12.0 Å². The van der Waals surface area contributed by atoms with Crippen LogP contribution >= 0.6 is 11.3 Å². The fraction of sp³-hybridized carbons (Fsp3) is 0.692. The van der Waals surface area contributed by atoms with Crippen molar-refractivity contribution in [3.63, 3.8) is 0 Å². The van der Waals surface area contributed by atoms with E-state index < -0.39 is 0 Å². The van der Waals surface area contributed by atoms with Crippen LogP contribution in [0.4, 0.5) is 0 Å². The molecule has 0 aromatic carbocycles. The van der Waals surface area contributed by atoms with Gasteiger partial charge in [-0.25, -0.2) is 0 Å². The van der Waals surface area contributed by atoms with Gasteiger partial charge in [-0.15, -0.1) is 11.3 Å². The van der Waals surface area contributed by atoms with Crippen LogP contribution in [0.15, 0.2) is 11.4 Å². The maximum absolute atomic E-state index is 3.74. The van der Waals surface area contributed by atoms with Gasteiger partial charge >= 0.3 is 0 Å². The summed E-state index contributed by atoms with van der Waals surface area (Å²) in [5.41, 5.74) is 1.81. The second kappa shape index (κ2) is 4.26. The second-order valence-corrected chi connectivity index (χ2v) is 6.27. The average molecular weight is 223 g/mol. The standard InChI is InChI=1S/C13H21NS/c1-10(2)8-13(5-4-6-14-13)12-7-11(3)15-9-12/h7,9-10,14H,4-6,8H2,1-3H3. The zero-order chi connectivity index (χ0) is 10.9. The number of aryl methyl sites for hydroxylation is 1. The van der Waals surface area contributed by atoms with Crippen LogP contribution in [0.1, 0.15) is 43.6 Å². The van der Waals surface area contributed by atoms with Crippen LogP contribution in [0.5, 0.6) is 0 Å². The summed E-state index contributed by atoms with van der Waals surface area (Å²) in [6, 6.07) is 2.37. The molecule has 0 amide bonds. The van der Waals surface area contributed by atoms with E-state index in [1.54, 1.807) is 0 Å². The van der Waals surface area contributed by atoms with Gasteiger partial charge in [-0.3, -0.25) is 0 Å². The predicted molar refractivity (Wildman–Crippen MR) is 67.4 cm³/mol. The molecule has 0 saturated carbocycles. The predicted octanol–water partition coefficient (Wildman–Crippen LogP) is 3.68. The van der Waals surface area contributed by atoms with Crippen molar-refractivity contribution in [2.75, 3.05) is 6.54 Å². The van der Waals surface area contributed by atoms with E-state index in [-0.39, 0.29) is 0 Å². The van der Waals surface area contributed by atoms with Gasteiger partial charge in [0.15, 0.2) is 0 Å². The fourth-order valence-corrected chi connectivity index (χ4v) is 3.54. The van der Waals surface area contributed by atoms with Crippen molar-refractivity contribution in [2.24, 2.45) is 5.92 Å². The molecule has 1 aromatic heterocycles.